The van der Waals surface area contributed by atoms with Gasteiger partial charge < -0.3 is 0 Å². The van der Waals surface area contributed by atoms with E-state index in [2.05, 4.69) is 0 Å². The van der Waals surface area contributed by atoms with Crippen molar-refractivity contribution in [3.05, 3.63) is 11.7 Å². The van der Waals surface area contributed by atoms with Crippen molar-refractivity contribution in [3.8, 4) is 0 Å². The van der Waals surface area contributed by atoms with Gasteiger partial charge in [-0.2, -0.15) is 43.9 Å². The van der Waals surface area contributed by atoms with Crippen molar-refractivity contribution in [1.82, 2.24) is 0 Å². The third-order valence-corrected chi connectivity index (χ3v) is 1.80. The number of alkyl halides is 11. The van der Waals surface area contributed by atoms with E-state index in [9.17, 15) is 57.1 Å². The van der Waals surface area contributed by atoms with Crippen LogP contribution in [0.15, 0.2) is 11.7 Å². The number of allylic oxidation sites excluding steroid dienone is 2. The highest BCUT2D eigenvalue weighted by molar-refractivity contribution is 5.20. The standard InChI is InChI=1S/C7HF13/c8-1(2(9)6(16,17)18)4(12,13)7(19,20)5(14,15)3(10)11/h3H/b2-1+. The quantitative estimate of drug-likeness (QED) is 0.645. The van der Waals surface area contributed by atoms with Crippen molar-refractivity contribution in [2.45, 2.75) is 30.4 Å². The lowest BCUT2D eigenvalue weighted by atomic mass is 10.0. The summed E-state index contributed by atoms with van der Waals surface area (Å²) in [5.74, 6) is -30.4. The third kappa shape index (κ3) is 2.80. The monoisotopic (exact) mass is 332 g/mol. The average molecular weight is 332 g/mol. The summed E-state index contributed by atoms with van der Waals surface area (Å²) < 4.78 is 156. The van der Waals surface area contributed by atoms with E-state index < -0.39 is 42.0 Å². The molecule has 0 aliphatic carbocycles. The summed E-state index contributed by atoms with van der Waals surface area (Å²) in [6, 6.07) is 0. The Hall–Kier alpha value is -1.17. The van der Waals surface area contributed by atoms with Crippen LogP contribution in [-0.2, 0) is 0 Å². The van der Waals surface area contributed by atoms with E-state index in [0.29, 0.717) is 0 Å². The molecule has 0 rings (SSSR count). The van der Waals surface area contributed by atoms with E-state index in [-0.39, 0.29) is 0 Å². The van der Waals surface area contributed by atoms with Crippen LogP contribution in [0.3, 0.4) is 0 Å². The smallest absolute Gasteiger partial charge is 0.203 e. The van der Waals surface area contributed by atoms with Crippen LogP contribution in [0.25, 0.3) is 0 Å². The molecule has 0 aromatic carbocycles. The molecule has 0 nitrogen and oxygen atoms in total. The van der Waals surface area contributed by atoms with Crippen LogP contribution in [0.4, 0.5) is 57.1 Å². The van der Waals surface area contributed by atoms with Gasteiger partial charge in [-0.05, 0) is 0 Å². The van der Waals surface area contributed by atoms with Gasteiger partial charge in [-0.15, -0.1) is 0 Å². The second-order valence-corrected chi connectivity index (χ2v) is 3.20. The van der Waals surface area contributed by atoms with Crippen molar-refractivity contribution in [2.75, 3.05) is 0 Å². The fraction of sp³-hybridized carbons (Fsp3) is 0.714. The summed E-state index contributed by atoms with van der Waals surface area (Å²) in [5.41, 5.74) is 0. The van der Waals surface area contributed by atoms with E-state index in [1.54, 1.807) is 0 Å². The van der Waals surface area contributed by atoms with Crippen molar-refractivity contribution in [2.24, 2.45) is 0 Å². The summed E-state index contributed by atoms with van der Waals surface area (Å²) in [7, 11) is 0. The average Bonchev–Trinajstić information content (AvgIpc) is 2.24. The highest BCUT2D eigenvalue weighted by atomic mass is 19.4. The molecule has 0 spiro atoms. The molecule has 0 fully saturated rings. The van der Waals surface area contributed by atoms with Gasteiger partial charge in [-0.25, -0.2) is 13.2 Å². The van der Waals surface area contributed by atoms with Gasteiger partial charge in [0.1, 0.15) is 0 Å². The summed E-state index contributed by atoms with van der Waals surface area (Å²) in [6.07, 6.45) is -12.0. The summed E-state index contributed by atoms with van der Waals surface area (Å²) >= 11 is 0. The summed E-state index contributed by atoms with van der Waals surface area (Å²) in [6.45, 7) is 0. The van der Waals surface area contributed by atoms with Crippen molar-refractivity contribution < 1.29 is 57.1 Å². The number of rotatable bonds is 4. The predicted octanol–water partition coefficient (Wildman–Crippen LogP) is 4.87. The molecule has 0 saturated carbocycles. The second kappa shape index (κ2) is 4.98. The van der Waals surface area contributed by atoms with Crippen molar-refractivity contribution in [3.63, 3.8) is 0 Å². The lowest BCUT2D eigenvalue weighted by Crippen LogP contribution is -2.58. The molecule has 0 amide bonds. The van der Waals surface area contributed by atoms with Crippen LogP contribution in [0.2, 0.25) is 0 Å². The van der Waals surface area contributed by atoms with Crippen LogP contribution < -0.4 is 0 Å². The Morgan fingerprint density at radius 3 is 1.25 bits per heavy atom. The van der Waals surface area contributed by atoms with Crippen LogP contribution >= 0.6 is 0 Å². The lowest BCUT2D eigenvalue weighted by Gasteiger charge is -2.31. The Balaban J connectivity index is 6.00. The minimum atomic E-state index is -7.30. The Labute approximate surface area is 100 Å². The molecular weight excluding hydrogens is 331 g/mol. The van der Waals surface area contributed by atoms with Crippen molar-refractivity contribution >= 4 is 0 Å². The van der Waals surface area contributed by atoms with E-state index in [4.69, 9.17) is 0 Å². The third-order valence-electron chi connectivity index (χ3n) is 1.80. The molecular formula is C7HF13. The first kappa shape index (κ1) is 18.8. The normalized spacial score (nSPS) is 16.5. The molecule has 0 aliphatic rings. The highest BCUT2D eigenvalue weighted by Crippen LogP contribution is 2.53. The fourth-order valence-electron chi connectivity index (χ4n) is 0.746. The Morgan fingerprint density at radius 1 is 0.650 bits per heavy atom. The highest BCUT2D eigenvalue weighted by Gasteiger charge is 2.78. The zero-order valence-corrected chi connectivity index (χ0v) is 8.49. The summed E-state index contributed by atoms with van der Waals surface area (Å²) in [4.78, 5) is 0. The molecule has 0 heterocycles. The Bertz CT molecular complexity index is 386. The van der Waals surface area contributed by atoms with E-state index in [0.717, 1.165) is 0 Å². The molecule has 0 aromatic heterocycles. The van der Waals surface area contributed by atoms with E-state index in [1.807, 2.05) is 0 Å². The van der Waals surface area contributed by atoms with Gasteiger partial charge in [0.2, 0.25) is 11.7 Å². The molecule has 0 aromatic rings. The van der Waals surface area contributed by atoms with E-state index in [1.165, 1.54) is 0 Å². The Kier molecular flexibility index (Phi) is 4.69. The molecule has 13 heteroatoms. The largest absolute Gasteiger partial charge is 0.445 e. The second-order valence-electron chi connectivity index (χ2n) is 3.20. The molecule has 20 heavy (non-hydrogen) atoms. The van der Waals surface area contributed by atoms with Gasteiger partial charge in [0.25, 0.3) is 0 Å². The van der Waals surface area contributed by atoms with Gasteiger partial charge in [0.15, 0.2) is 0 Å². The van der Waals surface area contributed by atoms with Gasteiger partial charge >= 0.3 is 30.4 Å². The molecule has 0 radical (unpaired) electrons. The first-order valence-corrected chi connectivity index (χ1v) is 4.05. The molecule has 0 aliphatic heterocycles. The van der Waals surface area contributed by atoms with Gasteiger partial charge in [-0.1, -0.05) is 0 Å². The predicted molar refractivity (Wildman–Crippen MR) is 36.1 cm³/mol. The molecule has 0 bridgehead atoms. The molecule has 0 unspecified atom stereocenters. The zero-order valence-electron chi connectivity index (χ0n) is 8.49. The van der Waals surface area contributed by atoms with Crippen molar-refractivity contribution in [1.29, 1.82) is 0 Å². The van der Waals surface area contributed by atoms with Gasteiger partial charge in [0, 0.05) is 0 Å². The first-order valence-electron chi connectivity index (χ1n) is 4.05. The van der Waals surface area contributed by atoms with Gasteiger partial charge in [0.05, 0.1) is 0 Å². The van der Waals surface area contributed by atoms with Crippen LogP contribution in [0, 0.1) is 0 Å². The fourth-order valence-corrected chi connectivity index (χ4v) is 0.746. The number of hydrogen-bond donors (Lipinski definition) is 0. The van der Waals surface area contributed by atoms with E-state index >= 15 is 0 Å². The summed E-state index contributed by atoms with van der Waals surface area (Å²) in [5, 5.41) is 0. The number of hydrogen-bond acceptors (Lipinski definition) is 0. The minimum absolute atomic E-state index is 4.44. The Morgan fingerprint density at radius 2 is 1.00 bits per heavy atom. The molecule has 120 valence electrons. The van der Waals surface area contributed by atoms with Crippen LogP contribution in [0.1, 0.15) is 0 Å². The topological polar surface area (TPSA) is 0 Å². The molecule has 0 atom stereocenters. The zero-order chi connectivity index (χ0) is 16.7. The SMILES string of the molecule is F/C(=C(/F)C(F)(F)C(F)(F)C(F)(F)C(F)F)C(F)(F)F. The maximum Gasteiger partial charge on any atom is 0.445 e. The maximum atomic E-state index is 12.5. The molecule has 0 saturated heterocycles. The lowest BCUT2D eigenvalue weighted by molar-refractivity contribution is -0.332. The maximum absolute atomic E-state index is 12.5. The number of halogens is 13. The minimum Gasteiger partial charge on any atom is -0.203 e. The van der Waals surface area contributed by atoms with Crippen LogP contribution in [0.5, 0.6) is 0 Å². The van der Waals surface area contributed by atoms with Gasteiger partial charge in [-0.3, -0.25) is 0 Å². The first-order chi connectivity index (χ1) is 8.51. The van der Waals surface area contributed by atoms with Crippen LogP contribution in [-0.4, -0.2) is 30.4 Å². The molecule has 0 N–H and O–H groups in total.